The van der Waals surface area contributed by atoms with E-state index in [2.05, 4.69) is 20.8 Å². The zero-order valence-corrected chi connectivity index (χ0v) is 12.2. The van der Waals surface area contributed by atoms with Crippen molar-refractivity contribution in [1.82, 2.24) is 4.57 Å². The fourth-order valence-electron chi connectivity index (χ4n) is 1.74. The van der Waals surface area contributed by atoms with Crippen molar-refractivity contribution in [3.8, 4) is 0 Å². The first-order valence-electron chi connectivity index (χ1n) is 6.27. The fourth-order valence-corrected chi connectivity index (χ4v) is 1.74. The number of carbonyl (C=O) groups is 1. The Kier molecular flexibility index (Phi) is 3.84. The number of aromatic nitrogens is 1. The van der Waals surface area contributed by atoms with E-state index in [0.717, 1.165) is 0 Å². The van der Waals surface area contributed by atoms with Gasteiger partial charge < -0.3 is 4.57 Å². The van der Waals surface area contributed by atoms with E-state index in [-0.39, 0.29) is 16.8 Å². The standard InChI is InChI=1S/C15H23NO2/c1-14(2,3)10-16-11(8-7-9-12(16)17)13(18)15(4,5)6/h7-9H,10H2,1-6H3. The summed E-state index contributed by atoms with van der Waals surface area (Å²) in [5.74, 6) is 0.00412. The molecule has 0 fully saturated rings. The normalized spacial score (nSPS) is 12.6. The lowest BCUT2D eigenvalue weighted by atomic mass is 9.88. The van der Waals surface area contributed by atoms with Crippen LogP contribution in [0.2, 0.25) is 0 Å². The van der Waals surface area contributed by atoms with Crippen LogP contribution >= 0.6 is 0 Å². The molecule has 0 saturated carbocycles. The molecule has 18 heavy (non-hydrogen) atoms. The fraction of sp³-hybridized carbons (Fsp3) is 0.600. The van der Waals surface area contributed by atoms with E-state index in [0.29, 0.717) is 12.2 Å². The first kappa shape index (κ1) is 14.7. The van der Waals surface area contributed by atoms with Crippen molar-refractivity contribution in [1.29, 1.82) is 0 Å². The molecule has 3 nitrogen and oxygen atoms in total. The molecule has 100 valence electrons. The molecule has 0 saturated heterocycles. The van der Waals surface area contributed by atoms with Gasteiger partial charge in [0.2, 0.25) is 0 Å². The molecule has 0 spiro atoms. The van der Waals surface area contributed by atoms with E-state index < -0.39 is 5.41 Å². The number of Topliss-reactive ketones (excluding diaryl/α,β-unsaturated/α-hetero) is 1. The minimum Gasteiger partial charge on any atom is -0.305 e. The first-order valence-corrected chi connectivity index (χ1v) is 6.27. The van der Waals surface area contributed by atoms with Crippen LogP contribution in [0.4, 0.5) is 0 Å². The highest BCUT2D eigenvalue weighted by Crippen LogP contribution is 2.22. The molecule has 1 rings (SSSR count). The Labute approximate surface area is 109 Å². The van der Waals surface area contributed by atoms with E-state index >= 15 is 0 Å². The second-order valence-electron chi connectivity index (χ2n) is 6.98. The second kappa shape index (κ2) is 4.71. The van der Waals surface area contributed by atoms with E-state index in [1.807, 2.05) is 20.8 Å². The third-order valence-electron chi connectivity index (χ3n) is 2.60. The van der Waals surface area contributed by atoms with Crippen LogP contribution in [0.25, 0.3) is 0 Å². The molecule has 1 heterocycles. The van der Waals surface area contributed by atoms with Gasteiger partial charge in [0.1, 0.15) is 0 Å². The zero-order valence-electron chi connectivity index (χ0n) is 12.2. The molecule has 1 aromatic heterocycles. The van der Waals surface area contributed by atoms with Crippen molar-refractivity contribution in [2.45, 2.75) is 48.1 Å². The summed E-state index contributed by atoms with van der Waals surface area (Å²) in [6, 6.07) is 4.90. The number of ketones is 1. The van der Waals surface area contributed by atoms with Crippen molar-refractivity contribution < 1.29 is 4.79 Å². The highest BCUT2D eigenvalue weighted by atomic mass is 16.1. The monoisotopic (exact) mass is 249 g/mol. The molecule has 0 unspecified atom stereocenters. The predicted molar refractivity (Wildman–Crippen MR) is 73.9 cm³/mol. The zero-order chi connectivity index (χ0) is 14.1. The molecule has 0 radical (unpaired) electrons. The number of nitrogens with zero attached hydrogens (tertiary/aromatic N) is 1. The Bertz CT molecular complexity index is 498. The summed E-state index contributed by atoms with van der Waals surface area (Å²) in [7, 11) is 0. The maximum absolute atomic E-state index is 12.4. The summed E-state index contributed by atoms with van der Waals surface area (Å²) in [5.41, 5.74) is -0.129. The van der Waals surface area contributed by atoms with Crippen molar-refractivity contribution in [3.05, 3.63) is 34.2 Å². The SMILES string of the molecule is CC(C)(C)Cn1c(C(=O)C(C)(C)C)cccc1=O. The maximum Gasteiger partial charge on any atom is 0.251 e. The molecule has 0 aliphatic heterocycles. The summed E-state index contributed by atoms with van der Waals surface area (Å²) in [5, 5.41) is 0. The summed E-state index contributed by atoms with van der Waals surface area (Å²) in [6.45, 7) is 12.3. The van der Waals surface area contributed by atoms with E-state index in [4.69, 9.17) is 0 Å². The highest BCUT2D eigenvalue weighted by Gasteiger charge is 2.26. The van der Waals surface area contributed by atoms with Crippen LogP contribution in [-0.2, 0) is 6.54 Å². The van der Waals surface area contributed by atoms with Crippen LogP contribution in [0, 0.1) is 10.8 Å². The Balaban J connectivity index is 3.34. The van der Waals surface area contributed by atoms with Crippen LogP contribution in [0.15, 0.2) is 23.0 Å². The van der Waals surface area contributed by atoms with E-state index in [9.17, 15) is 9.59 Å². The molecule has 0 N–H and O–H groups in total. The lowest BCUT2D eigenvalue weighted by Gasteiger charge is -2.24. The van der Waals surface area contributed by atoms with Gasteiger partial charge >= 0.3 is 0 Å². The third-order valence-corrected chi connectivity index (χ3v) is 2.60. The van der Waals surface area contributed by atoms with Crippen LogP contribution in [0.3, 0.4) is 0 Å². The van der Waals surface area contributed by atoms with Gasteiger partial charge in [0, 0.05) is 18.0 Å². The first-order chi connectivity index (χ1) is 8.02. The lowest BCUT2D eigenvalue weighted by Crippen LogP contribution is -2.33. The van der Waals surface area contributed by atoms with Crippen molar-refractivity contribution in [3.63, 3.8) is 0 Å². The minimum absolute atomic E-state index is 0.00412. The summed E-state index contributed by atoms with van der Waals surface area (Å²) in [6.07, 6.45) is 0. The van der Waals surface area contributed by atoms with Crippen LogP contribution in [0.5, 0.6) is 0 Å². The molecule has 0 bridgehead atoms. The molecule has 1 aromatic rings. The Hall–Kier alpha value is -1.38. The van der Waals surface area contributed by atoms with Gasteiger partial charge in [0.25, 0.3) is 5.56 Å². The number of pyridine rings is 1. The summed E-state index contributed by atoms with van der Waals surface area (Å²) in [4.78, 5) is 24.3. The van der Waals surface area contributed by atoms with Gasteiger partial charge in [-0.15, -0.1) is 0 Å². The largest absolute Gasteiger partial charge is 0.305 e. The van der Waals surface area contributed by atoms with E-state index in [1.54, 1.807) is 16.7 Å². The molecule has 0 amide bonds. The molecular weight excluding hydrogens is 226 g/mol. The van der Waals surface area contributed by atoms with Crippen molar-refractivity contribution >= 4 is 5.78 Å². The number of hydrogen-bond donors (Lipinski definition) is 0. The smallest absolute Gasteiger partial charge is 0.251 e. The quantitative estimate of drug-likeness (QED) is 0.755. The van der Waals surface area contributed by atoms with Gasteiger partial charge in [-0.3, -0.25) is 9.59 Å². The lowest BCUT2D eigenvalue weighted by molar-refractivity contribution is 0.0844. The number of carbonyl (C=O) groups excluding carboxylic acids is 1. The molecule has 3 heteroatoms. The Morgan fingerprint density at radius 3 is 2.11 bits per heavy atom. The molecule has 0 atom stereocenters. The van der Waals surface area contributed by atoms with E-state index in [1.165, 1.54) is 6.07 Å². The van der Waals surface area contributed by atoms with Gasteiger partial charge in [-0.1, -0.05) is 47.6 Å². The van der Waals surface area contributed by atoms with Crippen molar-refractivity contribution in [2.75, 3.05) is 0 Å². The van der Waals surface area contributed by atoms with Crippen LogP contribution in [0.1, 0.15) is 52.0 Å². The number of hydrogen-bond acceptors (Lipinski definition) is 2. The minimum atomic E-state index is -0.479. The third kappa shape index (κ3) is 3.56. The average molecular weight is 249 g/mol. The molecule has 0 aliphatic carbocycles. The highest BCUT2D eigenvalue weighted by molar-refractivity contribution is 5.98. The summed E-state index contributed by atoms with van der Waals surface area (Å²) < 4.78 is 1.59. The Morgan fingerprint density at radius 2 is 1.67 bits per heavy atom. The van der Waals surface area contributed by atoms with Crippen LogP contribution < -0.4 is 5.56 Å². The molecule has 0 aromatic carbocycles. The van der Waals surface area contributed by atoms with Gasteiger partial charge in [0.15, 0.2) is 5.78 Å². The molecular formula is C15H23NO2. The topological polar surface area (TPSA) is 39.1 Å². The van der Waals surface area contributed by atoms with Crippen molar-refractivity contribution in [2.24, 2.45) is 10.8 Å². The van der Waals surface area contributed by atoms with Gasteiger partial charge in [-0.2, -0.15) is 0 Å². The van der Waals surface area contributed by atoms with Crippen LogP contribution in [-0.4, -0.2) is 10.4 Å². The Morgan fingerprint density at radius 1 is 1.11 bits per heavy atom. The number of rotatable bonds is 2. The average Bonchev–Trinajstić information content (AvgIpc) is 2.17. The maximum atomic E-state index is 12.4. The van der Waals surface area contributed by atoms with Gasteiger partial charge in [-0.05, 0) is 11.5 Å². The summed E-state index contributed by atoms with van der Waals surface area (Å²) >= 11 is 0. The predicted octanol–water partition coefficient (Wildman–Crippen LogP) is 3.12. The van der Waals surface area contributed by atoms with Gasteiger partial charge in [0.05, 0.1) is 5.69 Å². The molecule has 0 aliphatic rings. The second-order valence-corrected chi connectivity index (χ2v) is 6.98. The van der Waals surface area contributed by atoms with Gasteiger partial charge in [-0.25, -0.2) is 0 Å².